The van der Waals surface area contributed by atoms with E-state index in [1.807, 2.05) is 55.5 Å². The van der Waals surface area contributed by atoms with Gasteiger partial charge >= 0.3 is 0 Å². The van der Waals surface area contributed by atoms with Crippen LogP contribution in [0, 0.1) is 29.6 Å². The number of hydrogen-bond acceptors (Lipinski definition) is 5. The number of pyridine rings is 2. The summed E-state index contributed by atoms with van der Waals surface area (Å²) in [5.74, 6) is -0.869. The molecule has 0 spiro atoms. The minimum absolute atomic E-state index is 0.108. The molecule has 0 saturated carbocycles. The predicted octanol–water partition coefficient (Wildman–Crippen LogP) is 5.39. The molecule has 1 aliphatic rings. The van der Waals surface area contributed by atoms with Gasteiger partial charge in [-0.1, -0.05) is 48.0 Å². The second-order valence-corrected chi connectivity index (χ2v) is 7.48. The van der Waals surface area contributed by atoms with E-state index in [1.54, 1.807) is 6.20 Å². The largest absolute Gasteiger partial charge is 0.440 e. The Balaban J connectivity index is 1.81. The summed E-state index contributed by atoms with van der Waals surface area (Å²) in [6, 6.07) is 17.8. The number of aryl methyl sites for hydroxylation is 1. The van der Waals surface area contributed by atoms with Gasteiger partial charge in [0.15, 0.2) is 5.75 Å². The van der Waals surface area contributed by atoms with E-state index in [1.165, 1.54) is 0 Å². The Morgan fingerprint density at radius 2 is 1.90 bits per heavy atom. The van der Waals surface area contributed by atoms with Crippen LogP contribution in [0.4, 0.5) is 0 Å². The van der Waals surface area contributed by atoms with Gasteiger partial charge in [-0.25, -0.2) is 4.98 Å². The van der Waals surface area contributed by atoms with E-state index < -0.39 is 11.8 Å². The Bertz CT molecular complexity index is 1360. The summed E-state index contributed by atoms with van der Waals surface area (Å²) in [5, 5.41) is 20.4. The van der Waals surface area contributed by atoms with Crippen molar-refractivity contribution >= 4 is 39.3 Å². The Morgan fingerprint density at radius 3 is 2.72 bits per heavy atom. The van der Waals surface area contributed by atoms with E-state index in [9.17, 15) is 5.26 Å². The number of rotatable bonds is 1. The number of nitrogens with zero attached hydrogens (tertiary/aromatic N) is 3. The minimum atomic E-state index is -0.801. The van der Waals surface area contributed by atoms with Gasteiger partial charge in [-0.05, 0) is 30.2 Å². The second-order valence-electron chi connectivity index (χ2n) is 7.12. The molecule has 0 radical (unpaired) electrons. The highest BCUT2D eigenvalue weighted by molar-refractivity contribution is 6.30. The Morgan fingerprint density at radius 1 is 1.07 bits per heavy atom. The monoisotopic (exact) mass is 398 g/mol. The molecule has 5 nitrogen and oxygen atoms in total. The van der Waals surface area contributed by atoms with Crippen LogP contribution in [-0.4, -0.2) is 15.9 Å². The van der Waals surface area contributed by atoms with Crippen molar-refractivity contribution in [1.29, 1.82) is 10.7 Å². The van der Waals surface area contributed by atoms with Crippen LogP contribution in [0.25, 0.3) is 21.8 Å². The number of halogens is 1. The molecular weight excluding hydrogens is 384 g/mol. The van der Waals surface area contributed by atoms with Crippen molar-refractivity contribution in [2.75, 3.05) is 0 Å². The molecule has 2 unspecified atom stereocenters. The van der Waals surface area contributed by atoms with Crippen LogP contribution >= 0.6 is 11.6 Å². The maximum absolute atomic E-state index is 9.83. The van der Waals surface area contributed by atoms with E-state index in [0.29, 0.717) is 22.0 Å². The Kier molecular flexibility index (Phi) is 3.97. The second kappa shape index (κ2) is 6.54. The van der Waals surface area contributed by atoms with Crippen LogP contribution in [0.5, 0.6) is 5.75 Å². The number of hydrogen-bond donors (Lipinski definition) is 1. The van der Waals surface area contributed by atoms with E-state index in [2.05, 4.69) is 16.0 Å². The molecule has 2 aromatic carbocycles. The van der Waals surface area contributed by atoms with Crippen molar-refractivity contribution in [1.82, 2.24) is 9.97 Å². The van der Waals surface area contributed by atoms with E-state index in [0.717, 1.165) is 27.4 Å². The van der Waals surface area contributed by atoms with E-state index in [-0.39, 0.29) is 5.90 Å². The highest BCUT2D eigenvalue weighted by atomic mass is 35.5. The van der Waals surface area contributed by atoms with Gasteiger partial charge in [0, 0.05) is 28.5 Å². The fourth-order valence-electron chi connectivity index (χ4n) is 4.03. The Labute approximate surface area is 172 Å². The number of nitrogens with one attached hydrogen (secondary N) is 1. The van der Waals surface area contributed by atoms with Gasteiger partial charge in [0.05, 0.1) is 11.6 Å². The first-order chi connectivity index (χ1) is 14.1. The standard InChI is InChI=1S/C23H15ClN4O/c1-12-4-2-5-14-10-16(22(24)28-19(12)14)18-15-8-7-13-6-3-9-27-20(13)21(15)29-23(26)17(18)11-25/h2-10,17-18,26H,1H3. The maximum Gasteiger partial charge on any atom is 0.205 e. The topological polar surface area (TPSA) is 82.6 Å². The number of fused-ring (bicyclic) bond motifs is 4. The molecule has 0 fully saturated rings. The summed E-state index contributed by atoms with van der Waals surface area (Å²) >= 11 is 6.62. The first-order valence-corrected chi connectivity index (χ1v) is 9.55. The van der Waals surface area contributed by atoms with Gasteiger partial charge in [0.2, 0.25) is 5.90 Å². The molecule has 2 aromatic heterocycles. The van der Waals surface area contributed by atoms with Gasteiger partial charge in [-0.2, -0.15) is 5.26 Å². The van der Waals surface area contributed by atoms with Crippen LogP contribution in [0.1, 0.15) is 22.6 Å². The number of nitriles is 1. The molecule has 29 heavy (non-hydrogen) atoms. The van der Waals surface area contributed by atoms with Crippen molar-refractivity contribution in [3.63, 3.8) is 0 Å². The summed E-state index contributed by atoms with van der Waals surface area (Å²) < 4.78 is 5.78. The number of aromatic nitrogens is 2. The third kappa shape index (κ3) is 2.65. The summed E-state index contributed by atoms with van der Waals surface area (Å²) in [4.78, 5) is 9.05. The summed E-state index contributed by atoms with van der Waals surface area (Å²) in [6.07, 6.45) is 1.69. The van der Waals surface area contributed by atoms with Crippen molar-refractivity contribution in [2.24, 2.45) is 5.92 Å². The molecule has 1 N–H and O–H groups in total. The smallest absolute Gasteiger partial charge is 0.205 e. The van der Waals surface area contributed by atoms with E-state index in [4.69, 9.17) is 21.7 Å². The normalized spacial score (nSPS) is 18.3. The first kappa shape index (κ1) is 17.6. The molecule has 4 aromatic rings. The van der Waals surface area contributed by atoms with Crippen molar-refractivity contribution in [3.8, 4) is 11.8 Å². The zero-order valence-electron chi connectivity index (χ0n) is 15.5. The van der Waals surface area contributed by atoms with Gasteiger partial charge in [0.25, 0.3) is 0 Å². The lowest BCUT2D eigenvalue weighted by molar-refractivity contribution is 0.454. The van der Waals surface area contributed by atoms with Gasteiger partial charge < -0.3 is 4.74 Å². The minimum Gasteiger partial charge on any atom is -0.440 e. The molecule has 1 aliphatic heterocycles. The zero-order chi connectivity index (χ0) is 20.1. The third-order valence-corrected chi connectivity index (χ3v) is 5.73. The first-order valence-electron chi connectivity index (χ1n) is 9.18. The predicted molar refractivity (Wildman–Crippen MR) is 113 cm³/mol. The number of para-hydroxylation sites is 1. The average Bonchev–Trinajstić information content (AvgIpc) is 2.73. The van der Waals surface area contributed by atoms with Gasteiger partial charge in [-0.15, -0.1) is 0 Å². The quantitative estimate of drug-likeness (QED) is 0.436. The molecular formula is C23H15ClN4O. The fraction of sp³-hybridized carbons (Fsp3) is 0.130. The molecule has 6 heteroatoms. The summed E-state index contributed by atoms with van der Waals surface area (Å²) in [5.41, 5.74) is 4.02. The van der Waals surface area contributed by atoms with Crippen molar-refractivity contribution in [3.05, 3.63) is 76.6 Å². The number of benzene rings is 2. The highest BCUT2D eigenvalue weighted by Crippen LogP contribution is 2.46. The summed E-state index contributed by atoms with van der Waals surface area (Å²) in [6.45, 7) is 1.99. The van der Waals surface area contributed by atoms with Crippen LogP contribution in [0.15, 0.2) is 54.7 Å². The summed E-state index contributed by atoms with van der Waals surface area (Å²) in [7, 11) is 0. The van der Waals surface area contributed by atoms with Crippen molar-refractivity contribution < 1.29 is 4.74 Å². The fourth-order valence-corrected chi connectivity index (χ4v) is 4.29. The SMILES string of the molecule is Cc1cccc2cc(C3c4ccc5cccnc5c4OC(=N)C3C#N)c(Cl)nc12. The molecule has 140 valence electrons. The van der Waals surface area contributed by atoms with Crippen LogP contribution in [-0.2, 0) is 0 Å². The lowest BCUT2D eigenvalue weighted by atomic mass is 9.79. The maximum atomic E-state index is 9.83. The van der Waals surface area contributed by atoms with E-state index >= 15 is 0 Å². The molecule has 0 bridgehead atoms. The molecule has 0 saturated heterocycles. The lowest BCUT2D eigenvalue weighted by Crippen LogP contribution is -2.31. The van der Waals surface area contributed by atoms with Gasteiger partial charge in [0.1, 0.15) is 16.6 Å². The number of ether oxygens (including phenoxy) is 1. The highest BCUT2D eigenvalue weighted by Gasteiger charge is 2.39. The molecule has 5 rings (SSSR count). The van der Waals surface area contributed by atoms with Gasteiger partial charge in [-0.3, -0.25) is 10.4 Å². The molecule has 2 atom stereocenters. The van der Waals surface area contributed by atoms with Crippen LogP contribution in [0.3, 0.4) is 0 Å². The zero-order valence-corrected chi connectivity index (χ0v) is 16.2. The van der Waals surface area contributed by atoms with Crippen molar-refractivity contribution in [2.45, 2.75) is 12.8 Å². The average molecular weight is 399 g/mol. The molecule has 0 amide bonds. The van der Waals surface area contributed by atoms with Crippen LogP contribution < -0.4 is 4.74 Å². The molecule has 3 heterocycles. The lowest BCUT2D eigenvalue weighted by Gasteiger charge is -2.31. The van der Waals surface area contributed by atoms with Crippen LogP contribution in [0.2, 0.25) is 5.15 Å². The molecule has 0 aliphatic carbocycles. The third-order valence-electron chi connectivity index (χ3n) is 5.42. The Hall–Kier alpha value is -3.49.